The number of aryl methyl sites for hydroxylation is 1. The number of carbonyl (C=O) groups is 1. The number of carboxylic acid groups (broad SMARTS) is 1. The molecule has 0 fully saturated rings. The van der Waals surface area contributed by atoms with Gasteiger partial charge in [-0.1, -0.05) is 13.8 Å². The van der Waals surface area contributed by atoms with Gasteiger partial charge in [-0.05, 0) is 25.8 Å². The number of nitrogens with one attached hydrogen (secondary N) is 1. The van der Waals surface area contributed by atoms with E-state index in [1.54, 1.807) is 13.0 Å². The molecular formula is C12H16F3N3O2. The lowest BCUT2D eigenvalue weighted by molar-refractivity contribution is -0.193. The molecule has 1 unspecified atom stereocenters. The Morgan fingerprint density at radius 3 is 2.30 bits per heavy atom. The van der Waals surface area contributed by atoms with Gasteiger partial charge in [0.25, 0.3) is 0 Å². The molecule has 0 amide bonds. The molecule has 0 aliphatic carbocycles. The van der Waals surface area contributed by atoms with Gasteiger partial charge in [-0.25, -0.2) is 14.8 Å². The fourth-order valence-electron chi connectivity index (χ4n) is 1.41. The van der Waals surface area contributed by atoms with Crippen molar-refractivity contribution in [3.8, 4) is 0 Å². The first kappa shape index (κ1) is 16.2. The number of nitrogens with zero attached hydrogens (tertiary/aromatic N) is 2. The monoisotopic (exact) mass is 291 g/mol. The van der Waals surface area contributed by atoms with E-state index in [1.165, 1.54) is 0 Å². The van der Waals surface area contributed by atoms with Crippen LogP contribution in [0.25, 0.3) is 0 Å². The van der Waals surface area contributed by atoms with Crippen LogP contribution in [-0.4, -0.2) is 32.8 Å². The largest absolute Gasteiger partial charge is 0.479 e. The maximum atomic E-state index is 12.9. The Labute approximate surface area is 114 Å². The third-order valence-corrected chi connectivity index (χ3v) is 2.82. The van der Waals surface area contributed by atoms with Gasteiger partial charge < -0.3 is 10.4 Å². The molecule has 20 heavy (non-hydrogen) atoms. The first-order valence-electron chi connectivity index (χ1n) is 5.91. The number of aromatic nitrogens is 2. The van der Waals surface area contributed by atoms with E-state index >= 15 is 0 Å². The van der Waals surface area contributed by atoms with Gasteiger partial charge >= 0.3 is 12.1 Å². The summed E-state index contributed by atoms with van der Waals surface area (Å²) in [6.07, 6.45) is -4.98. The first-order valence-corrected chi connectivity index (χ1v) is 5.91. The summed E-state index contributed by atoms with van der Waals surface area (Å²) in [5.74, 6) is -2.41. The fourth-order valence-corrected chi connectivity index (χ4v) is 1.41. The van der Waals surface area contributed by atoms with Crippen molar-refractivity contribution < 1.29 is 23.1 Å². The average molecular weight is 291 g/mol. The van der Waals surface area contributed by atoms with Gasteiger partial charge in [0, 0.05) is 11.4 Å². The number of anilines is 1. The topological polar surface area (TPSA) is 75.1 Å². The van der Waals surface area contributed by atoms with E-state index in [1.807, 2.05) is 19.2 Å². The Bertz CT molecular complexity index is 517. The van der Waals surface area contributed by atoms with Gasteiger partial charge in [0.05, 0.1) is 0 Å². The van der Waals surface area contributed by atoms with E-state index in [0.717, 1.165) is 0 Å². The zero-order chi connectivity index (χ0) is 15.7. The molecule has 0 spiro atoms. The molecule has 1 aromatic heterocycles. The Morgan fingerprint density at radius 2 is 1.90 bits per heavy atom. The lowest BCUT2D eigenvalue weighted by Crippen LogP contribution is -2.56. The van der Waals surface area contributed by atoms with Crippen LogP contribution in [0.15, 0.2) is 6.07 Å². The molecule has 1 heterocycles. The zero-order valence-corrected chi connectivity index (χ0v) is 11.5. The molecule has 0 radical (unpaired) electrons. The number of rotatable bonds is 4. The van der Waals surface area contributed by atoms with E-state index in [4.69, 9.17) is 5.11 Å². The van der Waals surface area contributed by atoms with Crippen molar-refractivity contribution in [2.75, 3.05) is 5.32 Å². The highest BCUT2D eigenvalue weighted by Gasteiger charge is 2.58. The fraction of sp³-hybridized carbons (Fsp3) is 0.583. The minimum absolute atomic E-state index is 0.0146. The van der Waals surface area contributed by atoms with Crippen LogP contribution >= 0.6 is 0 Å². The van der Waals surface area contributed by atoms with Crippen molar-refractivity contribution in [1.29, 1.82) is 0 Å². The van der Waals surface area contributed by atoms with Crippen LogP contribution in [0.1, 0.15) is 38.1 Å². The highest BCUT2D eigenvalue weighted by Crippen LogP contribution is 2.33. The number of halogens is 3. The molecule has 0 saturated heterocycles. The molecule has 1 rings (SSSR count). The molecule has 0 aliphatic rings. The molecule has 1 aromatic rings. The van der Waals surface area contributed by atoms with Crippen LogP contribution in [0.5, 0.6) is 0 Å². The lowest BCUT2D eigenvalue weighted by Gasteiger charge is -2.28. The summed E-state index contributed by atoms with van der Waals surface area (Å²) in [4.78, 5) is 18.7. The Balaban J connectivity index is 3.23. The van der Waals surface area contributed by atoms with Crippen molar-refractivity contribution in [2.24, 2.45) is 0 Å². The number of aliphatic carboxylic acids is 1. The van der Waals surface area contributed by atoms with Crippen molar-refractivity contribution in [3.05, 3.63) is 17.5 Å². The highest BCUT2D eigenvalue weighted by atomic mass is 19.4. The van der Waals surface area contributed by atoms with E-state index in [2.05, 4.69) is 9.97 Å². The molecule has 0 aliphatic heterocycles. The lowest BCUT2D eigenvalue weighted by atomic mass is 10.0. The minimum Gasteiger partial charge on any atom is -0.479 e. The highest BCUT2D eigenvalue weighted by molar-refractivity contribution is 5.82. The van der Waals surface area contributed by atoms with Gasteiger partial charge in [0.2, 0.25) is 11.5 Å². The number of hydrogen-bond acceptors (Lipinski definition) is 4. The van der Waals surface area contributed by atoms with Gasteiger partial charge in [-0.3, -0.25) is 0 Å². The number of carboxylic acids is 1. The molecule has 5 nitrogen and oxygen atoms in total. The second-order valence-electron chi connectivity index (χ2n) is 4.97. The summed E-state index contributed by atoms with van der Waals surface area (Å²) in [6.45, 7) is 5.79. The van der Waals surface area contributed by atoms with E-state index in [9.17, 15) is 18.0 Å². The van der Waals surface area contributed by atoms with Crippen LogP contribution in [0.3, 0.4) is 0 Å². The van der Waals surface area contributed by atoms with Crippen LogP contribution in [0.2, 0.25) is 0 Å². The maximum Gasteiger partial charge on any atom is 0.422 e. The first-order chi connectivity index (χ1) is 8.97. The second-order valence-corrected chi connectivity index (χ2v) is 4.97. The summed E-state index contributed by atoms with van der Waals surface area (Å²) >= 11 is 0. The summed E-state index contributed by atoms with van der Waals surface area (Å²) in [6, 6.07) is 1.64. The van der Waals surface area contributed by atoms with Crippen molar-refractivity contribution in [1.82, 2.24) is 9.97 Å². The molecule has 0 saturated carbocycles. The normalized spacial score (nSPS) is 15.0. The zero-order valence-electron chi connectivity index (χ0n) is 11.5. The Hall–Kier alpha value is -1.86. The smallest absolute Gasteiger partial charge is 0.422 e. The minimum atomic E-state index is -4.98. The van der Waals surface area contributed by atoms with Crippen LogP contribution in [0, 0.1) is 6.92 Å². The van der Waals surface area contributed by atoms with Crippen LogP contribution in [0.4, 0.5) is 19.1 Å². The molecule has 8 heteroatoms. The summed E-state index contributed by atoms with van der Waals surface area (Å²) in [7, 11) is 0. The predicted octanol–water partition coefficient (Wildman–Crippen LogP) is 2.73. The SMILES string of the molecule is Cc1cc(C(C)C)nc(NC(C)(C(=O)O)C(F)(F)F)n1. The summed E-state index contributed by atoms with van der Waals surface area (Å²) in [5.41, 5.74) is -2.15. The summed E-state index contributed by atoms with van der Waals surface area (Å²) in [5, 5.41) is 10.7. The number of alkyl halides is 3. The molecule has 0 aromatic carbocycles. The Kier molecular flexibility index (Phi) is 4.26. The van der Waals surface area contributed by atoms with Crippen LogP contribution in [-0.2, 0) is 4.79 Å². The molecule has 1 atom stereocenters. The van der Waals surface area contributed by atoms with E-state index < -0.39 is 17.7 Å². The van der Waals surface area contributed by atoms with E-state index in [0.29, 0.717) is 18.3 Å². The van der Waals surface area contributed by atoms with Crippen LogP contribution < -0.4 is 5.32 Å². The maximum absolute atomic E-state index is 12.9. The molecule has 0 bridgehead atoms. The van der Waals surface area contributed by atoms with Crippen molar-refractivity contribution >= 4 is 11.9 Å². The molecule has 112 valence electrons. The van der Waals surface area contributed by atoms with E-state index in [-0.39, 0.29) is 11.9 Å². The summed E-state index contributed by atoms with van der Waals surface area (Å²) < 4.78 is 38.7. The van der Waals surface area contributed by atoms with Gasteiger partial charge in [-0.15, -0.1) is 0 Å². The standard InChI is InChI=1S/C12H16F3N3O2/c1-6(2)8-5-7(3)16-10(17-8)18-11(4,9(19)20)12(13,14)15/h5-6H,1-4H3,(H,19,20)(H,16,17,18). The number of hydrogen-bond donors (Lipinski definition) is 2. The third-order valence-electron chi connectivity index (χ3n) is 2.82. The quantitative estimate of drug-likeness (QED) is 0.892. The van der Waals surface area contributed by atoms with Gasteiger partial charge in [0.1, 0.15) is 0 Å². The van der Waals surface area contributed by atoms with Gasteiger partial charge in [0.15, 0.2) is 0 Å². The molecule has 2 N–H and O–H groups in total. The predicted molar refractivity (Wildman–Crippen MR) is 66.6 cm³/mol. The third kappa shape index (κ3) is 3.17. The Morgan fingerprint density at radius 1 is 1.35 bits per heavy atom. The average Bonchev–Trinajstić information content (AvgIpc) is 2.26. The van der Waals surface area contributed by atoms with Gasteiger partial charge in [-0.2, -0.15) is 13.2 Å². The van der Waals surface area contributed by atoms with Crippen molar-refractivity contribution in [3.63, 3.8) is 0 Å². The van der Waals surface area contributed by atoms with Crippen molar-refractivity contribution in [2.45, 2.75) is 45.3 Å². The molecular weight excluding hydrogens is 275 g/mol. The second kappa shape index (κ2) is 5.26.